The molecule has 2 aromatic carbocycles. The van der Waals surface area contributed by atoms with Crippen LogP contribution in [-0.2, 0) is 0 Å². The Morgan fingerprint density at radius 3 is 2.62 bits per heavy atom. The van der Waals surface area contributed by atoms with Crippen molar-refractivity contribution >= 4 is 34.4 Å². The van der Waals surface area contributed by atoms with Crippen molar-refractivity contribution in [3.8, 4) is 23.1 Å². The molecule has 2 N–H and O–H groups in total. The zero-order valence-corrected chi connectivity index (χ0v) is 19.2. The summed E-state index contributed by atoms with van der Waals surface area (Å²) in [6.07, 6.45) is 0. The number of nitrogens with one attached hydrogen (secondary N) is 2. The molecule has 0 bridgehead atoms. The minimum Gasteiger partial charge on any atom is -0.477 e. The van der Waals surface area contributed by atoms with Crippen molar-refractivity contribution < 1.29 is 9.53 Å². The lowest BCUT2D eigenvalue weighted by Gasteiger charge is -2.09. The molecule has 5 rings (SSSR count). The number of ether oxygens (including phenoxy) is 1. The van der Waals surface area contributed by atoms with Crippen molar-refractivity contribution in [2.24, 2.45) is 0 Å². The third kappa shape index (κ3) is 4.08. The Labute approximate surface area is 199 Å². The molecule has 3 heterocycles. The fourth-order valence-corrected chi connectivity index (χ4v) is 3.68. The molecule has 3 aromatic heterocycles. The number of aryl methyl sites for hydroxylation is 1. The van der Waals surface area contributed by atoms with Crippen molar-refractivity contribution in [1.82, 2.24) is 29.9 Å². The summed E-state index contributed by atoms with van der Waals surface area (Å²) in [5.41, 5.74) is 3.12. The van der Waals surface area contributed by atoms with E-state index in [4.69, 9.17) is 21.3 Å². The van der Waals surface area contributed by atoms with Gasteiger partial charge in [-0.05, 0) is 38.1 Å². The number of fused-ring (bicyclic) bond motifs is 1. The van der Waals surface area contributed by atoms with Gasteiger partial charge in [0.25, 0.3) is 11.9 Å². The van der Waals surface area contributed by atoms with Gasteiger partial charge in [0.1, 0.15) is 0 Å². The van der Waals surface area contributed by atoms with Gasteiger partial charge in [0.2, 0.25) is 5.88 Å². The van der Waals surface area contributed by atoms with Crippen LogP contribution in [-0.4, -0.2) is 42.5 Å². The second-order valence-corrected chi connectivity index (χ2v) is 7.90. The molecular formula is C24H20ClN7O2. The molecule has 170 valence electrons. The molecule has 0 spiro atoms. The van der Waals surface area contributed by atoms with E-state index in [0.717, 1.165) is 11.3 Å². The normalized spacial score (nSPS) is 11.0. The maximum atomic E-state index is 12.8. The minimum atomic E-state index is -0.288. The number of aromatic amines is 1. The van der Waals surface area contributed by atoms with E-state index < -0.39 is 0 Å². The maximum Gasteiger partial charge on any atom is 0.256 e. The van der Waals surface area contributed by atoms with E-state index in [1.807, 2.05) is 38.1 Å². The number of H-pyrrole nitrogens is 1. The first-order valence-electron chi connectivity index (χ1n) is 10.6. The average Bonchev–Trinajstić information content (AvgIpc) is 3.42. The summed E-state index contributed by atoms with van der Waals surface area (Å²) in [5.74, 6) is 0.861. The van der Waals surface area contributed by atoms with Gasteiger partial charge in [0.05, 0.1) is 17.7 Å². The van der Waals surface area contributed by atoms with Crippen molar-refractivity contribution in [1.29, 1.82) is 0 Å². The number of hydrogen-bond acceptors (Lipinski definition) is 6. The van der Waals surface area contributed by atoms with E-state index in [1.165, 1.54) is 0 Å². The first kappa shape index (κ1) is 21.6. The van der Waals surface area contributed by atoms with Gasteiger partial charge in [-0.25, -0.2) is 4.98 Å². The second kappa shape index (κ2) is 8.95. The highest BCUT2D eigenvalue weighted by molar-refractivity contribution is 6.30. The third-order valence-corrected chi connectivity index (χ3v) is 5.39. The second-order valence-electron chi connectivity index (χ2n) is 7.46. The molecule has 9 nitrogen and oxygen atoms in total. The first-order valence-corrected chi connectivity index (χ1v) is 11.0. The summed E-state index contributed by atoms with van der Waals surface area (Å²) in [6.45, 7) is 4.28. The molecule has 0 aliphatic rings. The lowest BCUT2D eigenvalue weighted by molar-refractivity contribution is 0.102. The number of carbonyl (C=O) groups excluding carboxylic acids is 1. The predicted molar refractivity (Wildman–Crippen MR) is 130 cm³/mol. The van der Waals surface area contributed by atoms with Crippen molar-refractivity contribution in [3.05, 3.63) is 76.9 Å². The molecule has 0 radical (unpaired) electrons. The molecule has 0 unspecified atom stereocenters. The summed E-state index contributed by atoms with van der Waals surface area (Å²) in [4.78, 5) is 22.2. The molecule has 10 heteroatoms. The zero-order chi connectivity index (χ0) is 23.7. The number of anilines is 1. The van der Waals surface area contributed by atoms with Crippen molar-refractivity contribution in [2.75, 3.05) is 11.9 Å². The number of benzene rings is 2. The number of rotatable bonds is 6. The lowest BCUT2D eigenvalue weighted by atomic mass is 10.1. The Bertz CT molecular complexity index is 1480. The van der Waals surface area contributed by atoms with Crippen molar-refractivity contribution in [2.45, 2.75) is 13.8 Å². The third-order valence-electron chi connectivity index (χ3n) is 5.14. The van der Waals surface area contributed by atoms with Gasteiger partial charge in [0.15, 0.2) is 11.5 Å². The Hall–Kier alpha value is -4.24. The summed E-state index contributed by atoms with van der Waals surface area (Å²) in [5, 5.41) is 15.7. The fourth-order valence-electron chi connectivity index (χ4n) is 3.56. The molecule has 0 saturated heterocycles. The standard InChI is InChI=1S/C24H20ClN7O2/c1-3-34-18-13-14(2)32(31-18)24-26-20(15-9-11-17(25)12-10-15)19-21(29-30-22(19)28-24)27-23(33)16-7-5-4-6-8-16/h4-13H,3H2,1-2H3,(H2,26,27,28,29,30,33). The molecule has 5 aromatic rings. The highest BCUT2D eigenvalue weighted by Gasteiger charge is 2.21. The quantitative estimate of drug-likeness (QED) is 0.366. The Morgan fingerprint density at radius 2 is 1.88 bits per heavy atom. The molecule has 1 amide bonds. The maximum absolute atomic E-state index is 12.8. The molecule has 34 heavy (non-hydrogen) atoms. The highest BCUT2D eigenvalue weighted by atomic mass is 35.5. The molecule has 0 aliphatic carbocycles. The van der Waals surface area contributed by atoms with Gasteiger partial charge in [0, 0.05) is 27.9 Å². The molecular weight excluding hydrogens is 454 g/mol. The summed E-state index contributed by atoms with van der Waals surface area (Å²) >= 11 is 6.11. The Balaban J connectivity index is 1.65. The van der Waals surface area contributed by atoms with Crippen LogP contribution in [0.4, 0.5) is 5.82 Å². The van der Waals surface area contributed by atoms with Gasteiger partial charge >= 0.3 is 0 Å². The van der Waals surface area contributed by atoms with Crippen LogP contribution in [0.2, 0.25) is 5.02 Å². The van der Waals surface area contributed by atoms with Crippen LogP contribution in [0, 0.1) is 6.92 Å². The minimum absolute atomic E-state index is 0.288. The highest BCUT2D eigenvalue weighted by Crippen LogP contribution is 2.32. The van der Waals surface area contributed by atoms with Crippen LogP contribution in [0.15, 0.2) is 60.7 Å². The lowest BCUT2D eigenvalue weighted by Crippen LogP contribution is -2.12. The van der Waals surface area contributed by atoms with Gasteiger partial charge in [-0.3, -0.25) is 9.89 Å². The SMILES string of the molecule is CCOc1cc(C)n(-c2nc(-c3ccc(Cl)cc3)c3c(NC(=O)c4ccccc4)n[nH]c3n2)n1. The van der Waals surface area contributed by atoms with Crippen LogP contribution < -0.4 is 10.1 Å². The first-order chi connectivity index (χ1) is 16.5. The smallest absolute Gasteiger partial charge is 0.256 e. The molecule has 0 aliphatic heterocycles. The van der Waals surface area contributed by atoms with E-state index in [1.54, 1.807) is 41.1 Å². The number of aromatic nitrogens is 6. The van der Waals surface area contributed by atoms with Crippen LogP contribution in [0.5, 0.6) is 5.88 Å². The van der Waals surface area contributed by atoms with Crippen LogP contribution in [0.3, 0.4) is 0 Å². The topological polar surface area (TPSA) is 111 Å². The van der Waals surface area contributed by atoms with Gasteiger partial charge < -0.3 is 10.1 Å². The Kier molecular flexibility index (Phi) is 5.69. The number of amides is 1. The largest absolute Gasteiger partial charge is 0.477 e. The summed E-state index contributed by atoms with van der Waals surface area (Å²) < 4.78 is 7.13. The fraction of sp³-hybridized carbons (Fsp3) is 0.125. The van der Waals surface area contributed by atoms with Crippen molar-refractivity contribution in [3.63, 3.8) is 0 Å². The van der Waals surface area contributed by atoms with E-state index in [2.05, 4.69) is 25.6 Å². The summed E-state index contributed by atoms with van der Waals surface area (Å²) in [7, 11) is 0. The van der Waals surface area contributed by atoms with E-state index in [0.29, 0.717) is 51.6 Å². The summed E-state index contributed by atoms with van der Waals surface area (Å²) in [6, 6.07) is 18.0. The molecule has 0 saturated carbocycles. The van der Waals surface area contributed by atoms with E-state index in [9.17, 15) is 4.79 Å². The molecule has 0 atom stereocenters. The van der Waals surface area contributed by atoms with E-state index >= 15 is 0 Å². The van der Waals surface area contributed by atoms with Gasteiger partial charge in [-0.15, -0.1) is 5.10 Å². The van der Waals surface area contributed by atoms with Crippen LogP contribution in [0.1, 0.15) is 23.0 Å². The number of carbonyl (C=O) groups is 1. The number of nitrogens with zero attached hydrogens (tertiary/aromatic N) is 5. The number of halogens is 1. The van der Waals surface area contributed by atoms with Crippen LogP contribution >= 0.6 is 11.6 Å². The molecule has 0 fully saturated rings. The zero-order valence-electron chi connectivity index (χ0n) is 18.4. The average molecular weight is 474 g/mol. The van der Waals surface area contributed by atoms with E-state index in [-0.39, 0.29) is 5.91 Å². The van der Waals surface area contributed by atoms with Gasteiger partial charge in [-0.2, -0.15) is 14.8 Å². The number of hydrogen-bond donors (Lipinski definition) is 2. The monoisotopic (exact) mass is 473 g/mol. The van der Waals surface area contributed by atoms with Crippen LogP contribution in [0.25, 0.3) is 28.2 Å². The predicted octanol–water partition coefficient (Wildman–Crippen LogP) is 4.82. The Morgan fingerprint density at radius 1 is 1.12 bits per heavy atom. The van der Waals surface area contributed by atoms with Gasteiger partial charge in [-0.1, -0.05) is 41.9 Å².